The first-order valence-corrected chi connectivity index (χ1v) is 6.42. The molecule has 0 aliphatic rings. The van der Waals surface area contributed by atoms with E-state index >= 15 is 0 Å². The number of carbonyl (C=O) groups is 1. The molecule has 0 aliphatic heterocycles. The molecule has 0 amide bonds. The molecule has 1 aromatic carbocycles. The molecular formula is C15H23NO2. The highest BCUT2D eigenvalue weighted by atomic mass is 16.5. The molecule has 3 nitrogen and oxygen atoms in total. The van der Waals surface area contributed by atoms with Gasteiger partial charge < -0.3 is 10.1 Å². The van der Waals surface area contributed by atoms with Gasteiger partial charge in [0.05, 0.1) is 13.2 Å². The Kier molecular flexibility index (Phi) is 5.35. The number of carbonyl (C=O) groups excluding carboxylic acids is 1. The largest absolute Gasteiger partial charge is 0.465 e. The summed E-state index contributed by atoms with van der Waals surface area (Å²) in [5.74, 6) is -0.203. The SMILES string of the molecule is CCOC(=O)CNC(C)c1cc(C)c(C)cc1C. The average molecular weight is 249 g/mol. The van der Waals surface area contributed by atoms with Gasteiger partial charge in [0.1, 0.15) is 0 Å². The highest BCUT2D eigenvalue weighted by Crippen LogP contribution is 2.21. The lowest BCUT2D eigenvalue weighted by atomic mass is 9.96. The number of ether oxygens (including phenoxy) is 1. The third-order valence-electron chi connectivity index (χ3n) is 3.21. The molecule has 1 atom stereocenters. The predicted molar refractivity (Wildman–Crippen MR) is 73.7 cm³/mol. The van der Waals surface area contributed by atoms with Gasteiger partial charge in [0.25, 0.3) is 0 Å². The maximum atomic E-state index is 11.3. The molecule has 0 bridgehead atoms. The smallest absolute Gasteiger partial charge is 0.319 e. The molecular weight excluding hydrogens is 226 g/mol. The molecule has 0 radical (unpaired) electrons. The summed E-state index contributed by atoms with van der Waals surface area (Å²) in [4.78, 5) is 11.3. The van der Waals surface area contributed by atoms with E-state index in [0.29, 0.717) is 6.61 Å². The van der Waals surface area contributed by atoms with Crippen LogP contribution in [0.4, 0.5) is 0 Å². The van der Waals surface area contributed by atoms with Crippen molar-refractivity contribution < 1.29 is 9.53 Å². The van der Waals surface area contributed by atoms with E-state index in [1.54, 1.807) is 0 Å². The fraction of sp³-hybridized carbons (Fsp3) is 0.533. The first-order valence-electron chi connectivity index (χ1n) is 6.42. The third kappa shape index (κ3) is 3.84. The number of rotatable bonds is 5. The summed E-state index contributed by atoms with van der Waals surface area (Å²) in [6.07, 6.45) is 0. The van der Waals surface area contributed by atoms with Crippen molar-refractivity contribution in [3.8, 4) is 0 Å². The minimum absolute atomic E-state index is 0.147. The van der Waals surface area contributed by atoms with E-state index in [1.165, 1.54) is 22.3 Å². The summed E-state index contributed by atoms with van der Waals surface area (Å²) in [5.41, 5.74) is 5.07. The van der Waals surface area contributed by atoms with Crippen LogP contribution in [0.2, 0.25) is 0 Å². The highest BCUT2D eigenvalue weighted by Gasteiger charge is 2.11. The van der Waals surface area contributed by atoms with Gasteiger partial charge in [0.2, 0.25) is 0 Å². The summed E-state index contributed by atoms with van der Waals surface area (Å²) < 4.78 is 4.90. The summed E-state index contributed by atoms with van der Waals surface area (Å²) >= 11 is 0. The fourth-order valence-electron chi connectivity index (χ4n) is 2.01. The number of nitrogens with one attached hydrogen (secondary N) is 1. The molecule has 1 N–H and O–H groups in total. The first-order chi connectivity index (χ1) is 8.45. The van der Waals surface area contributed by atoms with E-state index in [9.17, 15) is 4.79 Å². The summed E-state index contributed by atoms with van der Waals surface area (Å²) in [7, 11) is 0. The first kappa shape index (κ1) is 14.7. The maximum absolute atomic E-state index is 11.3. The van der Waals surface area contributed by atoms with E-state index in [-0.39, 0.29) is 18.6 Å². The van der Waals surface area contributed by atoms with Gasteiger partial charge >= 0.3 is 5.97 Å². The second kappa shape index (κ2) is 6.55. The molecule has 1 rings (SSSR count). The van der Waals surface area contributed by atoms with E-state index in [1.807, 2.05) is 6.92 Å². The Hall–Kier alpha value is -1.35. The number of aryl methyl sites for hydroxylation is 3. The molecule has 0 fully saturated rings. The predicted octanol–water partition coefficient (Wildman–Crippen LogP) is 2.83. The molecule has 1 aromatic rings. The standard InChI is InChI=1S/C15H23NO2/c1-6-18-15(17)9-16-13(5)14-8-11(3)10(2)7-12(14)4/h7-8,13,16H,6,9H2,1-5H3. The normalized spacial score (nSPS) is 12.3. The van der Waals surface area contributed by atoms with Crippen LogP contribution in [0.1, 0.15) is 42.1 Å². The zero-order valence-corrected chi connectivity index (χ0v) is 12.0. The van der Waals surface area contributed by atoms with E-state index in [2.05, 4.69) is 45.1 Å². The molecule has 100 valence electrons. The van der Waals surface area contributed by atoms with Gasteiger partial charge in [-0.25, -0.2) is 0 Å². The van der Waals surface area contributed by atoms with Crippen molar-refractivity contribution in [1.82, 2.24) is 5.32 Å². The molecule has 0 saturated heterocycles. The summed E-state index contributed by atoms with van der Waals surface area (Å²) in [6.45, 7) is 10.9. The topological polar surface area (TPSA) is 38.3 Å². The Morgan fingerprint density at radius 3 is 2.44 bits per heavy atom. The summed E-state index contributed by atoms with van der Waals surface area (Å²) in [6, 6.07) is 4.52. The van der Waals surface area contributed by atoms with Crippen LogP contribution in [0.15, 0.2) is 12.1 Å². The quantitative estimate of drug-likeness (QED) is 0.815. The molecule has 0 aliphatic carbocycles. The summed E-state index contributed by atoms with van der Waals surface area (Å²) in [5, 5.41) is 3.20. The molecule has 3 heteroatoms. The zero-order valence-electron chi connectivity index (χ0n) is 12.0. The lowest BCUT2D eigenvalue weighted by Crippen LogP contribution is -2.27. The van der Waals surface area contributed by atoms with Gasteiger partial charge in [-0.3, -0.25) is 4.79 Å². The van der Waals surface area contributed by atoms with Gasteiger partial charge in [0, 0.05) is 6.04 Å². The molecule has 0 heterocycles. The lowest BCUT2D eigenvalue weighted by molar-refractivity contribution is -0.142. The number of benzene rings is 1. The van der Waals surface area contributed by atoms with Crippen molar-refractivity contribution >= 4 is 5.97 Å². The Morgan fingerprint density at radius 2 is 1.83 bits per heavy atom. The van der Waals surface area contributed by atoms with Crippen molar-refractivity contribution in [3.05, 3.63) is 34.4 Å². The van der Waals surface area contributed by atoms with Crippen molar-refractivity contribution in [1.29, 1.82) is 0 Å². The highest BCUT2D eigenvalue weighted by molar-refractivity contribution is 5.71. The molecule has 0 aromatic heterocycles. The van der Waals surface area contributed by atoms with E-state index in [4.69, 9.17) is 4.74 Å². The Bertz CT molecular complexity index is 427. The van der Waals surface area contributed by atoms with E-state index < -0.39 is 0 Å². The Labute approximate surface area is 110 Å². The van der Waals surface area contributed by atoms with Crippen LogP contribution in [0.3, 0.4) is 0 Å². The third-order valence-corrected chi connectivity index (χ3v) is 3.21. The molecule has 0 spiro atoms. The van der Waals surface area contributed by atoms with Crippen LogP contribution in [0, 0.1) is 20.8 Å². The van der Waals surface area contributed by atoms with Crippen molar-refractivity contribution in [2.45, 2.75) is 40.7 Å². The van der Waals surface area contributed by atoms with Crippen molar-refractivity contribution in [2.75, 3.05) is 13.2 Å². The van der Waals surface area contributed by atoms with E-state index in [0.717, 1.165) is 0 Å². The maximum Gasteiger partial charge on any atom is 0.319 e. The monoisotopic (exact) mass is 249 g/mol. The number of esters is 1. The Balaban J connectivity index is 2.69. The lowest BCUT2D eigenvalue weighted by Gasteiger charge is -2.18. The van der Waals surface area contributed by atoms with Gasteiger partial charge in [-0.1, -0.05) is 12.1 Å². The fourth-order valence-corrected chi connectivity index (χ4v) is 2.01. The van der Waals surface area contributed by atoms with Gasteiger partial charge in [0.15, 0.2) is 0 Å². The van der Waals surface area contributed by atoms with Crippen LogP contribution in [-0.2, 0) is 9.53 Å². The van der Waals surface area contributed by atoms with Gasteiger partial charge in [-0.15, -0.1) is 0 Å². The van der Waals surface area contributed by atoms with Gasteiger partial charge in [-0.2, -0.15) is 0 Å². The Morgan fingerprint density at radius 1 is 1.22 bits per heavy atom. The van der Waals surface area contributed by atoms with Crippen molar-refractivity contribution in [3.63, 3.8) is 0 Å². The van der Waals surface area contributed by atoms with Crippen LogP contribution in [0.25, 0.3) is 0 Å². The number of hydrogen-bond donors (Lipinski definition) is 1. The van der Waals surface area contributed by atoms with Gasteiger partial charge in [-0.05, 0) is 56.9 Å². The van der Waals surface area contributed by atoms with Crippen molar-refractivity contribution in [2.24, 2.45) is 0 Å². The average Bonchev–Trinajstić information content (AvgIpc) is 2.31. The van der Waals surface area contributed by atoms with Crippen LogP contribution < -0.4 is 5.32 Å². The van der Waals surface area contributed by atoms with Crippen LogP contribution >= 0.6 is 0 Å². The number of hydrogen-bond acceptors (Lipinski definition) is 3. The zero-order chi connectivity index (χ0) is 13.7. The minimum Gasteiger partial charge on any atom is -0.465 e. The second-order valence-corrected chi connectivity index (χ2v) is 4.70. The molecule has 18 heavy (non-hydrogen) atoms. The molecule has 1 unspecified atom stereocenters. The van der Waals surface area contributed by atoms with Crippen LogP contribution in [0.5, 0.6) is 0 Å². The molecule has 0 saturated carbocycles. The second-order valence-electron chi connectivity index (χ2n) is 4.70. The minimum atomic E-state index is -0.203. The van der Waals surface area contributed by atoms with Crippen LogP contribution in [-0.4, -0.2) is 19.1 Å².